The smallest absolute Gasteiger partial charge is 0.185 e. The van der Waals surface area contributed by atoms with Gasteiger partial charge in [-0.3, -0.25) is 0 Å². The number of hydrogen-bond acceptors (Lipinski definition) is 4. The van der Waals surface area contributed by atoms with Crippen LogP contribution < -0.4 is 10.2 Å². The van der Waals surface area contributed by atoms with Crippen molar-refractivity contribution in [2.24, 2.45) is 0 Å². The highest BCUT2D eigenvalue weighted by Gasteiger charge is 2.24. The Morgan fingerprint density at radius 2 is 2.24 bits per heavy atom. The molecule has 3 nitrogen and oxygen atoms in total. The zero-order chi connectivity index (χ0) is 12.3. The number of nitrogens with zero attached hydrogens (tertiary/aromatic N) is 2. The normalized spacial score (nSPS) is 18.5. The third-order valence-corrected chi connectivity index (χ3v) is 4.94. The van der Waals surface area contributed by atoms with Crippen LogP contribution in [0.1, 0.15) is 50.4 Å². The molecule has 1 heterocycles. The van der Waals surface area contributed by atoms with Gasteiger partial charge in [0.05, 0.1) is 0 Å². The summed E-state index contributed by atoms with van der Waals surface area (Å²) in [5, 5.41) is 4.48. The molecule has 0 aromatic carbocycles. The molecule has 1 atom stereocenters. The monoisotopic (exact) mass is 253 g/mol. The third kappa shape index (κ3) is 2.80. The molecule has 0 saturated heterocycles. The summed E-state index contributed by atoms with van der Waals surface area (Å²) in [7, 11) is 2.00. The van der Waals surface area contributed by atoms with Gasteiger partial charge in [0.15, 0.2) is 5.13 Å². The van der Waals surface area contributed by atoms with E-state index >= 15 is 0 Å². The molecule has 1 aliphatic rings. The van der Waals surface area contributed by atoms with E-state index in [1.54, 1.807) is 0 Å². The average Bonchev–Trinajstić information content (AvgIpc) is 3.00. The summed E-state index contributed by atoms with van der Waals surface area (Å²) in [6, 6.07) is 1.13. The van der Waals surface area contributed by atoms with E-state index in [4.69, 9.17) is 0 Å². The Hall–Kier alpha value is -0.610. The van der Waals surface area contributed by atoms with Crippen LogP contribution in [-0.4, -0.2) is 24.6 Å². The van der Waals surface area contributed by atoms with Crippen LogP contribution in [0, 0.1) is 0 Å². The summed E-state index contributed by atoms with van der Waals surface area (Å²) in [5.41, 5.74) is 0. The van der Waals surface area contributed by atoms with Gasteiger partial charge in [0.1, 0.15) is 0 Å². The van der Waals surface area contributed by atoms with Crippen LogP contribution in [0.2, 0.25) is 0 Å². The first-order chi connectivity index (χ1) is 8.26. The molecule has 96 valence electrons. The number of hydrogen-bond donors (Lipinski definition) is 1. The molecule has 0 radical (unpaired) electrons. The highest BCUT2D eigenvalue weighted by Crippen LogP contribution is 2.32. The molecule has 4 heteroatoms. The minimum atomic E-state index is 0.406. The van der Waals surface area contributed by atoms with Gasteiger partial charge in [-0.15, -0.1) is 11.3 Å². The summed E-state index contributed by atoms with van der Waals surface area (Å²) in [6.45, 7) is 5.50. The largest absolute Gasteiger partial charge is 0.345 e. The summed E-state index contributed by atoms with van der Waals surface area (Å²) in [6.07, 6.45) is 7.46. The zero-order valence-electron chi connectivity index (χ0n) is 11.1. The van der Waals surface area contributed by atoms with Crippen molar-refractivity contribution in [2.45, 2.75) is 51.6 Å². The number of aromatic nitrogens is 1. The van der Waals surface area contributed by atoms with Crippen LogP contribution in [0.4, 0.5) is 5.13 Å². The lowest BCUT2D eigenvalue weighted by Crippen LogP contribution is -2.32. The summed E-state index contributed by atoms with van der Waals surface area (Å²) in [5.74, 6) is 0. The van der Waals surface area contributed by atoms with Crippen LogP contribution in [-0.2, 0) is 0 Å². The van der Waals surface area contributed by atoms with Gasteiger partial charge in [0.25, 0.3) is 0 Å². The lowest BCUT2D eigenvalue weighted by molar-refractivity contribution is 0.618. The van der Waals surface area contributed by atoms with Gasteiger partial charge in [-0.05, 0) is 33.7 Å². The predicted molar refractivity (Wildman–Crippen MR) is 74.9 cm³/mol. The summed E-state index contributed by atoms with van der Waals surface area (Å²) >= 11 is 1.84. The minimum absolute atomic E-state index is 0.406. The predicted octanol–water partition coefficient (Wildman–Crippen LogP) is 3.19. The molecule has 1 saturated carbocycles. The van der Waals surface area contributed by atoms with Gasteiger partial charge in [-0.1, -0.05) is 12.8 Å². The molecule has 0 aliphatic heterocycles. The minimum Gasteiger partial charge on any atom is -0.345 e. The van der Waals surface area contributed by atoms with Gasteiger partial charge in [-0.2, -0.15) is 0 Å². The molecule has 0 amide bonds. The Bertz CT molecular complexity index is 344. The van der Waals surface area contributed by atoms with Crippen molar-refractivity contribution >= 4 is 16.5 Å². The first kappa shape index (κ1) is 12.8. The van der Waals surface area contributed by atoms with Crippen LogP contribution in [0.5, 0.6) is 0 Å². The van der Waals surface area contributed by atoms with Crippen molar-refractivity contribution in [1.82, 2.24) is 10.3 Å². The number of thiazole rings is 1. The molecule has 0 bridgehead atoms. The molecular formula is C13H23N3S. The second-order valence-electron chi connectivity index (χ2n) is 4.78. The molecular weight excluding hydrogens is 230 g/mol. The maximum absolute atomic E-state index is 4.61. The van der Waals surface area contributed by atoms with E-state index in [-0.39, 0.29) is 0 Å². The maximum atomic E-state index is 4.61. The molecule has 2 rings (SSSR count). The zero-order valence-corrected chi connectivity index (χ0v) is 11.9. The van der Waals surface area contributed by atoms with Crippen molar-refractivity contribution in [3.63, 3.8) is 0 Å². The molecule has 1 aliphatic carbocycles. The van der Waals surface area contributed by atoms with Crippen LogP contribution >= 0.6 is 11.3 Å². The highest BCUT2D eigenvalue weighted by molar-refractivity contribution is 7.15. The second-order valence-corrected chi connectivity index (χ2v) is 5.82. The van der Waals surface area contributed by atoms with E-state index in [1.807, 2.05) is 24.6 Å². The molecule has 17 heavy (non-hydrogen) atoms. The van der Waals surface area contributed by atoms with Crippen molar-refractivity contribution < 1.29 is 0 Å². The van der Waals surface area contributed by atoms with Gasteiger partial charge >= 0.3 is 0 Å². The van der Waals surface area contributed by atoms with E-state index < -0.39 is 0 Å². The lowest BCUT2D eigenvalue weighted by atomic mass is 10.2. The first-order valence-electron chi connectivity index (χ1n) is 6.66. The van der Waals surface area contributed by atoms with E-state index in [9.17, 15) is 0 Å². The maximum Gasteiger partial charge on any atom is 0.185 e. The Balaban J connectivity index is 2.11. The summed E-state index contributed by atoms with van der Waals surface area (Å²) in [4.78, 5) is 8.43. The van der Waals surface area contributed by atoms with Crippen molar-refractivity contribution in [3.05, 3.63) is 11.1 Å². The van der Waals surface area contributed by atoms with Crippen LogP contribution in [0.3, 0.4) is 0 Å². The number of rotatable bonds is 5. The van der Waals surface area contributed by atoms with Crippen molar-refractivity contribution in [2.75, 3.05) is 18.5 Å². The quantitative estimate of drug-likeness (QED) is 0.873. The fraction of sp³-hybridized carbons (Fsp3) is 0.769. The SMILES string of the molecule is CCN(c1ncc(C(C)NC)s1)C1CCCC1. The molecule has 1 unspecified atom stereocenters. The van der Waals surface area contributed by atoms with Crippen LogP contribution in [0.25, 0.3) is 0 Å². The molecule has 1 aromatic rings. The Labute approximate surface area is 108 Å². The van der Waals surface area contributed by atoms with Crippen molar-refractivity contribution in [1.29, 1.82) is 0 Å². The fourth-order valence-electron chi connectivity index (χ4n) is 2.52. The number of nitrogens with one attached hydrogen (secondary N) is 1. The Morgan fingerprint density at radius 1 is 1.53 bits per heavy atom. The highest BCUT2D eigenvalue weighted by atomic mass is 32.1. The van der Waals surface area contributed by atoms with Gasteiger partial charge in [-0.25, -0.2) is 4.98 Å². The topological polar surface area (TPSA) is 28.2 Å². The molecule has 1 fully saturated rings. The first-order valence-corrected chi connectivity index (χ1v) is 7.47. The van der Waals surface area contributed by atoms with E-state index in [0.717, 1.165) is 12.6 Å². The van der Waals surface area contributed by atoms with E-state index in [0.29, 0.717) is 6.04 Å². The van der Waals surface area contributed by atoms with E-state index in [2.05, 4.69) is 29.0 Å². The lowest BCUT2D eigenvalue weighted by Gasteiger charge is -2.26. The standard InChI is InChI=1S/C13H23N3S/c1-4-16(11-7-5-6-8-11)13-15-9-12(17-13)10(2)14-3/h9-11,14H,4-8H2,1-3H3. The van der Waals surface area contributed by atoms with E-state index in [1.165, 1.54) is 35.7 Å². The van der Waals surface area contributed by atoms with Gasteiger partial charge in [0.2, 0.25) is 0 Å². The third-order valence-electron chi connectivity index (χ3n) is 3.72. The Kier molecular flexibility index (Phi) is 4.40. The second kappa shape index (κ2) is 5.83. The van der Waals surface area contributed by atoms with Crippen LogP contribution in [0.15, 0.2) is 6.20 Å². The number of anilines is 1. The van der Waals surface area contributed by atoms with Crippen molar-refractivity contribution in [3.8, 4) is 0 Å². The van der Waals surface area contributed by atoms with Gasteiger partial charge < -0.3 is 10.2 Å². The fourth-order valence-corrected chi connectivity index (χ4v) is 3.63. The molecule has 1 N–H and O–H groups in total. The average molecular weight is 253 g/mol. The Morgan fingerprint density at radius 3 is 2.82 bits per heavy atom. The molecule has 1 aromatic heterocycles. The molecule has 0 spiro atoms. The summed E-state index contributed by atoms with van der Waals surface area (Å²) < 4.78 is 0. The van der Waals surface area contributed by atoms with Gasteiger partial charge in [0, 0.05) is 29.7 Å².